The molecule has 5 rings (SSSR count). The molecule has 2 heterocycles. The lowest BCUT2D eigenvalue weighted by Gasteiger charge is -2.12. The fraction of sp³-hybridized carbons (Fsp3) is 0.0800. The summed E-state index contributed by atoms with van der Waals surface area (Å²) < 4.78 is 3.51. The van der Waals surface area contributed by atoms with Gasteiger partial charge >= 0.3 is 0 Å². The van der Waals surface area contributed by atoms with Gasteiger partial charge in [-0.3, -0.25) is 9.36 Å². The van der Waals surface area contributed by atoms with Crippen LogP contribution in [0, 0.1) is 13.8 Å². The van der Waals surface area contributed by atoms with E-state index in [4.69, 9.17) is 5.10 Å². The maximum absolute atomic E-state index is 13.2. The van der Waals surface area contributed by atoms with Gasteiger partial charge in [0, 0.05) is 5.38 Å². The molecule has 0 fully saturated rings. The number of hydrogen-bond donors (Lipinski definition) is 0. The van der Waals surface area contributed by atoms with Crippen molar-refractivity contribution in [1.29, 1.82) is 0 Å². The van der Waals surface area contributed by atoms with Crippen LogP contribution >= 0.6 is 11.3 Å². The van der Waals surface area contributed by atoms with E-state index in [-0.39, 0.29) is 5.56 Å². The summed E-state index contributed by atoms with van der Waals surface area (Å²) in [5, 5.41) is 7.41. The molecule has 152 valence electrons. The molecule has 0 bridgehead atoms. The van der Waals surface area contributed by atoms with E-state index in [1.165, 1.54) is 16.0 Å². The van der Waals surface area contributed by atoms with Gasteiger partial charge in [-0.05, 0) is 43.2 Å². The first-order valence-electron chi connectivity index (χ1n) is 9.99. The summed E-state index contributed by atoms with van der Waals surface area (Å²) in [5.41, 5.74) is 4.77. The third-order valence-corrected chi connectivity index (χ3v) is 6.05. The number of para-hydroxylation sites is 2. The van der Waals surface area contributed by atoms with Gasteiger partial charge in [0.25, 0.3) is 5.56 Å². The Balaban J connectivity index is 1.83. The lowest BCUT2D eigenvalue weighted by atomic mass is 10.1. The molecule has 0 aliphatic rings. The second-order valence-electron chi connectivity index (χ2n) is 7.28. The Kier molecular flexibility index (Phi) is 4.84. The molecule has 5 aromatic rings. The second-order valence-corrected chi connectivity index (χ2v) is 8.12. The molecule has 3 aromatic carbocycles. The van der Waals surface area contributed by atoms with Crippen molar-refractivity contribution in [3.05, 3.63) is 111 Å². The quantitative estimate of drug-likeness (QED) is 0.414. The summed E-state index contributed by atoms with van der Waals surface area (Å²) >= 11 is 1.50. The summed E-state index contributed by atoms with van der Waals surface area (Å²) in [6.45, 7) is 3.88. The van der Waals surface area contributed by atoms with Crippen molar-refractivity contribution in [2.75, 3.05) is 0 Å². The predicted molar refractivity (Wildman–Crippen MR) is 126 cm³/mol. The van der Waals surface area contributed by atoms with Crippen LogP contribution in [0.25, 0.3) is 27.8 Å². The van der Waals surface area contributed by atoms with Gasteiger partial charge in [0.2, 0.25) is 4.80 Å². The summed E-state index contributed by atoms with van der Waals surface area (Å²) in [7, 11) is 0. The molecule has 0 aliphatic heterocycles. The molecular formula is C25H20N4OS. The zero-order valence-corrected chi connectivity index (χ0v) is 18.0. The third kappa shape index (κ3) is 3.41. The van der Waals surface area contributed by atoms with Gasteiger partial charge in [-0.1, -0.05) is 60.7 Å². The average Bonchev–Trinajstić information content (AvgIpc) is 3.21. The lowest BCUT2D eigenvalue weighted by molar-refractivity contribution is 0.727. The van der Waals surface area contributed by atoms with E-state index in [1.807, 2.05) is 48.5 Å². The predicted octanol–water partition coefficient (Wildman–Crippen LogP) is 4.90. The number of hydrogen-bond acceptors (Lipinski definition) is 4. The highest BCUT2D eigenvalue weighted by molar-refractivity contribution is 7.07. The molecule has 2 aromatic heterocycles. The third-order valence-electron chi connectivity index (χ3n) is 5.24. The zero-order chi connectivity index (χ0) is 21.4. The molecule has 0 N–H and O–H groups in total. The first-order valence-corrected chi connectivity index (χ1v) is 10.9. The molecule has 6 heteroatoms. The summed E-state index contributed by atoms with van der Waals surface area (Å²) in [4.78, 5) is 18.5. The number of nitrogens with zero attached hydrogens (tertiary/aromatic N) is 4. The molecule has 0 spiro atoms. The highest BCUT2D eigenvalue weighted by Crippen LogP contribution is 2.24. The Bertz CT molecular complexity index is 1530. The van der Waals surface area contributed by atoms with E-state index < -0.39 is 0 Å². The van der Waals surface area contributed by atoms with Crippen molar-refractivity contribution < 1.29 is 0 Å². The van der Waals surface area contributed by atoms with Gasteiger partial charge in [-0.2, -0.15) is 4.68 Å². The van der Waals surface area contributed by atoms with Crippen LogP contribution in [0.15, 0.2) is 94.1 Å². The minimum atomic E-state index is -0.172. The van der Waals surface area contributed by atoms with Crippen molar-refractivity contribution in [3.63, 3.8) is 0 Å². The number of aromatic nitrogens is 3. The van der Waals surface area contributed by atoms with Gasteiger partial charge in [-0.15, -0.1) is 16.4 Å². The van der Waals surface area contributed by atoms with E-state index in [9.17, 15) is 4.79 Å². The minimum Gasteiger partial charge on any atom is -0.283 e. The number of rotatable bonds is 3. The van der Waals surface area contributed by atoms with Gasteiger partial charge in [0.05, 0.1) is 22.3 Å². The van der Waals surface area contributed by atoms with Crippen LogP contribution in [0.3, 0.4) is 0 Å². The van der Waals surface area contributed by atoms with Crippen LogP contribution in [-0.2, 0) is 0 Å². The van der Waals surface area contributed by atoms with Crippen LogP contribution in [0.2, 0.25) is 0 Å². The highest BCUT2D eigenvalue weighted by Gasteiger charge is 2.13. The minimum absolute atomic E-state index is 0.172. The average molecular weight is 425 g/mol. The maximum Gasteiger partial charge on any atom is 0.282 e. The Morgan fingerprint density at radius 1 is 0.871 bits per heavy atom. The number of thiazole rings is 1. The molecule has 0 saturated carbocycles. The monoisotopic (exact) mass is 424 g/mol. The SMILES string of the molecule is Cc1ccccc1-n1c(-c2ccccc2)cs/c1=N/n1c(C)nc2ccccc2c1=O. The summed E-state index contributed by atoms with van der Waals surface area (Å²) in [6, 6.07) is 25.7. The van der Waals surface area contributed by atoms with E-state index >= 15 is 0 Å². The van der Waals surface area contributed by atoms with E-state index in [0.717, 1.165) is 22.5 Å². The number of fused-ring (bicyclic) bond motifs is 1. The van der Waals surface area contributed by atoms with Crippen LogP contribution in [0.1, 0.15) is 11.4 Å². The molecular weight excluding hydrogens is 404 g/mol. The lowest BCUT2D eigenvalue weighted by Crippen LogP contribution is -2.25. The molecule has 0 aliphatic carbocycles. The van der Waals surface area contributed by atoms with Crippen LogP contribution in [0.4, 0.5) is 0 Å². The molecule has 5 nitrogen and oxygen atoms in total. The van der Waals surface area contributed by atoms with Gasteiger partial charge < -0.3 is 0 Å². The van der Waals surface area contributed by atoms with Crippen molar-refractivity contribution in [1.82, 2.24) is 14.2 Å². The largest absolute Gasteiger partial charge is 0.283 e. The Morgan fingerprint density at radius 2 is 1.58 bits per heavy atom. The molecule has 0 radical (unpaired) electrons. The Labute approximate surface area is 183 Å². The molecule has 31 heavy (non-hydrogen) atoms. The summed E-state index contributed by atoms with van der Waals surface area (Å²) in [5.74, 6) is 0.551. The van der Waals surface area contributed by atoms with Crippen molar-refractivity contribution in [2.24, 2.45) is 5.10 Å². The van der Waals surface area contributed by atoms with Crippen LogP contribution in [-0.4, -0.2) is 14.2 Å². The van der Waals surface area contributed by atoms with E-state index in [2.05, 4.69) is 46.1 Å². The molecule has 0 saturated heterocycles. The molecule has 0 amide bonds. The van der Waals surface area contributed by atoms with Crippen molar-refractivity contribution >= 4 is 22.2 Å². The zero-order valence-electron chi connectivity index (χ0n) is 17.2. The van der Waals surface area contributed by atoms with Crippen LogP contribution in [0.5, 0.6) is 0 Å². The fourth-order valence-electron chi connectivity index (χ4n) is 3.68. The number of benzene rings is 3. The first kappa shape index (κ1) is 19.2. The normalized spacial score (nSPS) is 11.9. The first-order chi connectivity index (χ1) is 15.1. The number of aryl methyl sites for hydroxylation is 2. The van der Waals surface area contributed by atoms with Crippen molar-refractivity contribution in [2.45, 2.75) is 13.8 Å². The highest BCUT2D eigenvalue weighted by atomic mass is 32.1. The fourth-order valence-corrected chi connectivity index (χ4v) is 4.57. The van der Waals surface area contributed by atoms with Gasteiger partial charge in [-0.25, -0.2) is 4.98 Å². The van der Waals surface area contributed by atoms with Gasteiger partial charge in [0.1, 0.15) is 5.82 Å². The van der Waals surface area contributed by atoms with E-state index in [1.54, 1.807) is 13.0 Å². The maximum atomic E-state index is 13.2. The smallest absolute Gasteiger partial charge is 0.282 e. The molecule has 0 unspecified atom stereocenters. The topological polar surface area (TPSA) is 52.2 Å². The molecule has 0 atom stereocenters. The Hall–Kier alpha value is -3.77. The van der Waals surface area contributed by atoms with Gasteiger partial charge in [0.15, 0.2) is 0 Å². The Morgan fingerprint density at radius 3 is 2.39 bits per heavy atom. The second kappa shape index (κ2) is 7.81. The van der Waals surface area contributed by atoms with E-state index in [0.29, 0.717) is 21.5 Å². The van der Waals surface area contributed by atoms with Crippen molar-refractivity contribution in [3.8, 4) is 16.9 Å². The standard InChI is InChI=1S/C25H20N4OS/c1-17-10-6-9-15-22(17)28-23(19-11-4-3-5-12-19)16-31-25(28)27-29-18(2)26-21-14-8-7-13-20(21)24(29)30/h3-16H,1-2H3/b27-25+. The van der Waals surface area contributed by atoms with Crippen LogP contribution < -0.4 is 10.4 Å². The summed E-state index contributed by atoms with van der Waals surface area (Å²) in [6.07, 6.45) is 0.